The highest BCUT2D eigenvalue weighted by atomic mass is 35.5. The summed E-state index contributed by atoms with van der Waals surface area (Å²) in [5.41, 5.74) is 0.895. The van der Waals surface area contributed by atoms with Gasteiger partial charge in [0.05, 0.1) is 27.4 Å². The maximum absolute atomic E-state index is 13.7. The summed E-state index contributed by atoms with van der Waals surface area (Å²) in [5.74, 6) is -1.31. The Bertz CT molecular complexity index is 979. The van der Waals surface area contributed by atoms with Crippen molar-refractivity contribution < 1.29 is 14.1 Å². The van der Waals surface area contributed by atoms with E-state index in [2.05, 4.69) is 15.3 Å². The molecule has 1 aromatic heterocycles. The number of thioether (sulfide) groups is 1. The van der Waals surface area contributed by atoms with E-state index >= 15 is 0 Å². The van der Waals surface area contributed by atoms with Gasteiger partial charge in [-0.2, -0.15) is 0 Å². The summed E-state index contributed by atoms with van der Waals surface area (Å²) in [6.45, 7) is 0. The molecule has 0 aliphatic carbocycles. The molecule has 0 spiro atoms. The number of fused-ring (bicyclic) bond motifs is 1. The van der Waals surface area contributed by atoms with Crippen LogP contribution in [-0.2, 0) is 4.79 Å². The van der Waals surface area contributed by atoms with Crippen molar-refractivity contribution in [3.8, 4) is 0 Å². The second kappa shape index (κ2) is 7.08. The van der Waals surface area contributed by atoms with Crippen LogP contribution in [-0.4, -0.2) is 26.6 Å². The number of aromatic nitrogens is 2. The molecular formula is C15H10ClFN4O3S. The Morgan fingerprint density at radius 1 is 1.36 bits per heavy atom. The van der Waals surface area contributed by atoms with E-state index in [0.29, 0.717) is 15.7 Å². The standard InChI is InChI=1S/C15H10ClFN4O3S/c16-8-1-4-11-13(5-8)20-15(19-11)25-7-14(22)18-12-6-9(21(23)24)2-3-10(12)17/h1-6H,7H2,(H,18,22)(H,19,20). The van der Waals surface area contributed by atoms with Crippen molar-refractivity contribution in [1.82, 2.24) is 9.97 Å². The van der Waals surface area contributed by atoms with E-state index in [0.717, 1.165) is 35.5 Å². The molecule has 7 nitrogen and oxygen atoms in total. The lowest BCUT2D eigenvalue weighted by atomic mass is 10.2. The molecule has 25 heavy (non-hydrogen) atoms. The normalized spacial score (nSPS) is 10.8. The molecule has 0 aliphatic heterocycles. The molecule has 0 atom stereocenters. The van der Waals surface area contributed by atoms with Gasteiger partial charge in [-0.3, -0.25) is 14.9 Å². The fraction of sp³-hybridized carbons (Fsp3) is 0.0667. The van der Waals surface area contributed by atoms with Gasteiger partial charge in [0.2, 0.25) is 5.91 Å². The number of rotatable bonds is 5. The first-order valence-electron chi connectivity index (χ1n) is 6.94. The summed E-state index contributed by atoms with van der Waals surface area (Å²) in [4.78, 5) is 29.3. The lowest BCUT2D eigenvalue weighted by molar-refractivity contribution is -0.384. The Hall–Kier alpha value is -2.65. The van der Waals surface area contributed by atoms with Gasteiger partial charge >= 0.3 is 0 Å². The molecule has 0 bridgehead atoms. The third-order valence-corrected chi connectivity index (χ3v) is 4.31. The topological polar surface area (TPSA) is 101 Å². The van der Waals surface area contributed by atoms with Gasteiger partial charge < -0.3 is 10.3 Å². The highest BCUT2D eigenvalue weighted by molar-refractivity contribution is 7.99. The maximum atomic E-state index is 13.7. The zero-order valence-electron chi connectivity index (χ0n) is 12.5. The Morgan fingerprint density at radius 3 is 2.92 bits per heavy atom. The molecule has 0 unspecified atom stereocenters. The van der Waals surface area contributed by atoms with Crippen LogP contribution in [0.4, 0.5) is 15.8 Å². The molecule has 0 fully saturated rings. The number of non-ortho nitro benzene ring substituents is 1. The molecule has 2 aromatic carbocycles. The first-order valence-corrected chi connectivity index (χ1v) is 8.30. The number of carbonyl (C=O) groups is 1. The second-order valence-corrected chi connectivity index (χ2v) is 6.36. The molecule has 1 amide bonds. The first-order chi connectivity index (χ1) is 11.9. The van der Waals surface area contributed by atoms with Gasteiger partial charge in [-0.05, 0) is 24.3 Å². The minimum atomic E-state index is -0.748. The van der Waals surface area contributed by atoms with E-state index in [1.807, 2.05) is 0 Å². The second-order valence-electron chi connectivity index (χ2n) is 4.96. The fourth-order valence-corrected chi connectivity index (χ4v) is 2.93. The molecule has 0 saturated heterocycles. The fourth-order valence-electron chi connectivity index (χ4n) is 2.07. The quantitative estimate of drug-likeness (QED) is 0.396. The number of nitrogens with zero attached hydrogens (tertiary/aromatic N) is 2. The van der Waals surface area contributed by atoms with E-state index < -0.39 is 16.6 Å². The number of hydrogen-bond acceptors (Lipinski definition) is 5. The number of hydrogen-bond donors (Lipinski definition) is 2. The van der Waals surface area contributed by atoms with E-state index in [1.54, 1.807) is 18.2 Å². The molecule has 1 heterocycles. The first kappa shape index (κ1) is 17.2. The van der Waals surface area contributed by atoms with Crippen molar-refractivity contribution in [3.05, 3.63) is 57.4 Å². The molecule has 10 heteroatoms. The zero-order valence-corrected chi connectivity index (χ0v) is 14.0. The molecule has 0 radical (unpaired) electrons. The van der Waals surface area contributed by atoms with Crippen LogP contribution in [0.15, 0.2) is 41.6 Å². The van der Waals surface area contributed by atoms with Gasteiger partial charge in [0.15, 0.2) is 5.16 Å². The molecule has 3 aromatic rings. The van der Waals surface area contributed by atoms with Gasteiger partial charge in [-0.25, -0.2) is 9.37 Å². The smallest absolute Gasteiger partial charge is 0.271 e. The van der Waals surface area contributed by atoms with Gasteiger partial charge in [0, 0.05) is 17.2 Å². The van der Waals surface area contributed by atoms with Crippen LogP contribution in [0, 0.1) is 15.9 Å². The van der Waals surface area contributed by atoms with Crippen molar-refractivity contribution >= 4 is 51.7 Å². The molecular weight excluding hydrogens is 371 g/mol. The monoisotopic (exact) mass is 380 g/mol. The lowest BCUT2D eigenvalue weighted by Crippen LogP contribution is -2.15. The summed E-state index contributed by atoms with van der Waals surface area (Å²) < 4.78 is 13.7. The van der Waals surface area contributed by atoms with Gasteiger partial charge in [-0.1, -0.05) is 23.4 Å². The van der Waals surface area contributed by atoms with Crippen molar-refractivity contribution in [2.45, 2.75) is 5.16 Å². The van der Waals surface area contributed by atoms with Crippen LogP contribution in [0.5, 0.6) is 0 Å². The molecule has 0 aliphatic rings. The van der Waals surface area contributed by atoms with Gasteiger partial charge in [0.25, 0.3) is 5.69 Å². The van der Waals surface area contributed by atoms with Crippen LogP contribution in [0.3, 0.4) is 0 Å². The van der Waals surface area contributed by atoms with Crippen LogP contribution in [0.25, 0.3) is 11.0 Å². The number of anilines is 1. The zero-order chi connectivity index (χ0) is 18.0. The predicted molar refractivity (Wildman–Crippen MR) is 93.5 cm³/mol. The summed E-state index contributed by atoms with van der Waals surface area (Å²) >= 11 is 7.01. The van der Waals surface area contributed by atoms with Crippen molar-refractivity contribution in [3.63, 3.8) is 0 Å². The number of halogens is 2. The highest BCUT2D eigenvalue weighted by Gasteiger charge is 2.14. The maximum Gasteiger partial charge on any atom is 0.271 e. The number of carbonyl (C=O) groups excluding carboxylic acids is 1. The van der Waals surface area contributed by atoms with Gasteiger partial charge in [-0.15, -0.1) is 0 Å². The minimum absolute atomic E-state index is 0.0459. The Labute approximate surface area is 149 Å². The third kappa shape index (κ3) is 4.06. The van der Waals surface area contributed by atoms with Crippen molar-refractivity contribution in [1.29, 1.82) is 0 Å². The average molecular weight is 381 g/mol. The van der Waals surface area contributed by atoms with Gasteiger partial charge in [0.1, 0.15) is 5.82 Å². The highest BCUT2D eigenvalue weighted by Crippen LogP contribution is 2.24. The van der Waals surface area contributed by atoms with E-state index in [4.69, 9.17) is 11.6 Å². The van der Waals surface area contributed by atoms with E-state index in [-0.39, 0.29) is 17.1 Å². The number of aromatic amines is 1. The Kier molecular flexibility index (Phi) is 4.86. The van der Waals surface area contributed by atoms with Crippen molar-refractivity contribution in [2.24, 2.45) is 0 Å². The van der Waals surface area contributed by atoms with Crippen LogP contribution >= 0.6 is 23.4 Å². The molecule has 2 N–H and O–H groups in total. The van der Waals surface area contributed by atoms with Crippen molar-refractivity contribution in [2.75, 3.05) is 11.1 Å². The van der Waals surface area contributed by atoms with Crippen LogP contribution in [0.1, 0.15) is 0 Å². The molecule has 128 valence electrons. The summed E-state index contributed by atoms with van der Waals surface area (Å²) in [5, 5.41) is 14.1. The lowest BCUT2D eigenvalue weighted by Gasteiger charge is -2.05. The predicted octanol–water partition coefficient (Wildman–Crippen LogP) is 3.99. The number of benzene rings is 2. The number of H-pyrrole nitrogens is 1. The largest absolute Gasteiger partial charge is 0.333 e. The SMILES string of the molecule is O=C(CSc1nc2ccc(Cl)cc2[nH]1)Nc1cc([N+](=O)[O-])ccc1F. The Balaban J connectivity index is 1.66. The summed E-state index contributed by atoms with van der Waals surface area (Å²) in [7, 11) is 0. The molecule has 3 rings (SSSR count). The van der Waals surface area contributed by atoms with Crippen LogP contribution < -0.4 is 5.32 Å². The third-order valence-electron chi connectivity index (χ3n) is 3.20. The van der Waals surface area contributed by atoms with E-state index in [1.165, 1.54) is 0 Å². The average Bonchev–Trinajstić information content (AvgIpc) is 2.96. The van der Waals surface area contributed by atoms with Crippen LogP contribution in [0.2, 0.25) is 5.02 Å². The molecule has 0 saturated carbocycles. The Morgan fingerprint density at radius 2 is 2.16 bits per heavy atom. The summed E-state index contributed by atoms with van der Waals surface area (Å²) in [6.07, 6.45) is 0. The number of nitro benzene ring substituents is 1. The minimum Gasteiger partial charge on any atom is -0.333 e. The van der Waals surface area contributed by atoms with E-state index in [9.17, 15) is 19.3 Å². The summed E-state index contributed by atoms with van der Waals surface area (Å²) in [6, 6.07) is 8.10. The number of nitro groups is 1. The number of imidazole rings is 1. The number of nitrogens with one attached hydrogen (secondary N) is 2. The number of amides is 1.